The minimum absolute atomic E-state index is 0.0316. The van der Waals surface area contributed by atoms with Crippen molar-refractivity contribution in [2.45, 2.75) is 44.6 Å². The van der Waals surface area contributed by atoms with E-state index in [4.69, 9.17) is 0 Å². The number of nitrogens with one attached hydrogen (secondary N) is 1. The molecule has 2 aliphatic heterocycles. The van der Waals surface area contributed by atoms with Gasteiger partial charge in [0.15, 0.2) is 0 Å². The van der Waals surface area contributed by atoms with E-state index in [0.29, 0.717) is 25.3 Å². The predicted octanol–water partition coefficient (Wildman–Crippen LogP) is 3.02. The number of carbonyl (C=O) groups is 2. The topological polar surface area (TPSA) is 67.2 Å². The zero-order valence-corrected chi connectivity index (χ0v) is 16.1. The molecule has 0 unspecified atom stereocenters. The van der Waals surface area contributed by atoms with Crippen molar-refractivity contribution in [1.82, 2.24) is 14.5 Å². The van der Waals surface area contributed by atoms with E-state index in [-0.39, 0.29) is 17.9 Å². The third-order valence-corrected chi connectivity index (χ3v) is 5.95. The first-order valence-corrected chi connectivity index (χ1v) is 9.63. The van der Waals surface area contributed by atoms with Crippen LogP contribution in [0.4, 0.5) is 5.69 Å². The van der Waals surface area contributed by atoms with Gasteiger partial charge in [0.05, 0.1) is 0 Å². The van der Waals surface area contributed by atoms with Crippen molar-refractivity contribution >= 4 is 17.5 Å². The number of nitrogens with zero attached hydrogens (tertiary/aromatic N) is 3. The third-order valence-electron chi connectivity index (χ3n) is 5.95. The average Bonchev–Trinajstić information content (AvgIpc) is 3.30. The molecule has 2 atom stereocenters. The lowest BCUT2D eigenvalue weighted by Crippen LogP contribution is -2.43. The summed E-state index contributed by atoms with van der Waals surface area (Å²) in [6, 6.07) is 7.43. The molecule has 4 rings (SSSR count). The predicted molar refractivity (Wildman–Crippen MR) is 103 cm³/mol. The lowest BCUT2D eigenvalue weighted by atomic mass is 9.74. The van der Waals surface area contributed by atoms with Crippen LogP contribution in [-0.2, 0) is 22.1 Å². The summed E-state index contributed by atoms with van der Waals surface area (Å²) >= 11 is 0. The van der Waals surface area contributed by atoms with Crippen LogP contribution in [0.3, 0.4) is 0 Å². The quantitative estimate of drug-likeness (QED) is 0.904. The second-order valence-electron chi connectivity index (χ2n) is 8.04. The minimum Gasteiger partial charge on any atom is -0.336 e. The standard InChI is InChI=1S/C21H26N4O2/c1-14(2)8-9-17(26)25-12-10-21(18(25)19-22-11-13-24(19)3)15-6-4-5-7-16(15)23-20(21)27/h4-7,11,13-14,18H,8-10,12H2,1-3H3,(H,23,27)/t18-,21+/m0/s1. The SMILES string of the molecule is CC(C)CCC(=O)N1CC[C@]2(C(=O)Nc3ccccc32)[C@@H]1c1nccn1C. The van der Waals surface area contributed by atoms with Gasteiger partial charge in [0.1, 0.15) is 17.3 Å². The molecule has 6 heteroatoms. The van der Waals surface area contributed by atoms with E-state index in [2.05, 4.69) is 24.1 Å². The van der Waals surface area contributed by atoms with Gasteiger partial charge in [-0.25, -0.2) is 4.98 Å². The fraction of sp³-hybridized carbons (Fsp3) is 0.476. The van der Waals surface area contributed by atoms with Crippen molar-refractivity contribution in [3.63, 3.8) is 0 Å². The molecule has 1 fully saturated rings. The molecular formula is C21H26N4O2. The first-order chi connectivity index (χ1) is 12.9. The maximum absolute atomic E-state index is 13.2. The molecule has 6 nitrogen and oxygen atoms in total. The van der Waals surface area contributed by atoms with Crippen LogP contribution in [0.1, 0.15) is 50.5 Å². The number of hydrogen-bond donors (Lipinski definition) is 1. The van der Waals surface area contributed by atoms with Crippen LogP contribution in [0.5, 0.6) is 0 Å². The molecule has 2 aliphatic rings. The van der Waals surface area contributed by atoms with Crippen molar-refractivity contribution < 1.29 is 9.59 Å². The first kappa shape index (κ1) is 17.8. The van der Waals surface area contributed by atoms with E-state index in [0.717, 1.165) is 23.5 Å². The van der Waals surface area contributed by atoms with Gasteiger partial charge in [-0.2, -0.15) is 0 Å². The Morgan fingerprint density at radius 3 is 2.85 bits per heavy atom. The number of likely N-dealkylation sites (tertiary alicyclic amines) is 1. The van der Waals surface area contributed by atoms with E-state index in [9.17, 15) is 9.59 Å². The summed E-state index contributed by atoms with van der Waals surface area (Å²) in [6.07, 6.45) is 5.56. The van der Waals surface area contributed by atoms with Crippen LogP contribution in [0.2, 0.25) is 0 Å². The second kappa shape index (κ2) is 6.51. The van der Waals surface area contributed by atoms with Crippen LogP contribution in [0.15, 0.2) is 36.7 Å². The highest BCUT2D eigenvalue weighted by atomic mass is 16.2. The summed E-state index contributed by atoms with van der Waals surface area (Å²) in [5, 5.41) is 3.04. The monoisotopic (exact) mass is 366 g/mol. The van der Waals surface area contributed by atoms with Crippen LogP contribution in [0.25, 0.3) is 0 Å². The first-order valence-electron chi connectivity index (χ1n) is 9.63. The molecule has 27 heavy (non-hydrogen) atoms. The van der Waals surface area contributed by atoms with E-state index < -0.39 is 5.41 Å². The molecule has 0 saturated carbocycles. The normalized spacial score (nSPS) is 23.9. The Balaban J connectivity index is 1.80. The molecule has 1 aromatic heterocycles. The van der Waals surface area contributed by atoms with Gasteiger partial charge >= 0.3 is 0 Å². The van der Waals surface area contributed by atoms with Gasteiger partial charge in [0.25, 0.3) is 0 Å². The Kier molecular flexibility index (Phi) is 4.29. The highest BCUT2D eigenvalue weighted by molar-refractivity contribution is 6.07. The number of para-hydroxylation sites is 1. The molecule has 1 N–H and O–H groups in total. The van der Waals surface area contributed by atoms with Gasteiger partial charge in [-0.3, -0.25) is 9.59 Å². The molecule has 0 aliphatic carbocycles. The van der Waals surface area contributed by atoms with Crippen molar-refractivity contribution in [2.24, 2.45) is 13.0 Å². The summed E-state index contributed by atoms with van der Waals surface area (Å²) < 4.78 is 1.93. The summed E-state index contributed by atoms with van der Waals surface area (Å²) in [5.74, 6) is 1.30. The second-order valence-corrected chi connectivity index (χ2v) is 8.04. The largest absolute Gasteiger partial charge is 0.336 e. The summed E-state index contributed by atoms with van der Waals surface area (Å²) in [5.41, 5.74) is 1.05. The van der Waals surface area contributed by atoms with E-state index in [1.54, 1.807) is 6.20 Å². The fourth-order valence-electron chi connectivity index (χ4n) is 4.51. The molecule has 1 spiro atoms. The maximum Gasteiger partial charge on any atom is 0.237 e. The minimum atomic E-state index is -0.775. The number of hydrogen-bond acceptors (Lipinski definition) is 3. The van der Waals surface area contributed by atoms with Crippen LogP contribution >= 0.6 is 0 Å². The number of aromatic nitrogens is 2. The zero-order valence-electron chi connectivity index (χ0n) is 16.1. The Morgan fingerprint density at radius 1 is 1.37 bits per heavy atom. The lowest BCUT2D eigenvalue weighted by molar-refractivity contribution is -0.134. The third kappa shape index (κ3) is 2.66. The Labute approximate surface area is 159 Å². The molecule has 2 amide bonds. The molecule has 0 bridgehead atoms. The number of rotatable bonds is 4. The lowest BCUT2D eigenvalue weighted by Gasteiger charge is -2.33. The van der Waals surface area contributed by atoms with Crippen LogP contribution in [-0.4, -0.2) is 32.8 Å². The Hall–Kier alpha value is -2.63. The molecule has 2 aromatic rings. The van der Waals surface area contributed by atoms with Crippen molar-refractivity contribution in [3.8, 4) is 0 Å². The maximum atomic E-state index is 13.2. The van der Waals surface area contributed by atoms with Crippen molar-refractivity contribution in [3.05, 3.63) is 48.0 Å². The van der Waals surface area contributed by atoms with Crippen molar-refractivity contribution in [1.29, 1.82) is 0 Å². The molecule has 1 saturated heterocycles. The van der Waals surface area contributed by atoms with Crippen LogP contribution < -0.4 is 5.32 Å². The molecular weight excluding hydrogens is 340 g/mol. The number of fused-ring (bicyclic) bond motifs is 2. The Bertz CT molecular complexity index is 888. The van der Waals surface area contributed by atoms with Gasteiger partial charge in [0.2, 0.25) is 11.8 Å². The number of carbonyl (C=O) groups excluding carboxylic acids is 2. The van der Waals surface area contributed by atoms with Gasteiger partial charge < -0.3 is 14.8 Å². The van der Waals surface area contributed by atoms with Gasteiger partial charge in [0, 0.05) is 38.1 Å². The number of aryl methyl sites for hydroxylation is 1. The number of anilines is 1. The van der Waals surface area contributed by atoms with Crippen molar-refractivity contribution in [2.75, 3.05) is 11.9 Å². The van der Waals surface area contributed by atoms with Gasteiger partial charge in [-0.15, -0.1) is 0 Å². The smallest absolute Gasteiger partial charge is 0.237 e. The van der Waals surface area contributed by atoms with Gasteiger partial charge in [-0.1, -0.05) is 32.0 Å². The van der Waals surface area contributed by atoms with Crippen LogP contribution in [0, 0.1) is 5.92 Å². The molecule has 1 aromatic carbocycles. The van der Waals surface area contributed by atoms with E-state index >= 15 is 0 Å². The zero-order chi connectivity index (χ0) is 19.2. The number of imidazole rings is 1. The summed E-state index contributed by atoms with van der Waals surface area (Å²) in [7, 11) is 1.92. The Morgan fingerprint density at radius 2 is 2.15 bits per heavy atom. The molecule has 3 heterocycles. The average molecular weight is 366 g/mol. The number of amides is 2. The highest BCUT2D eigenvalue weighted by Gasteiger charge is 2.60. The van der Waals surface area contributed by atoms with E-state index in [1.165, 1.54) is 0 Å². The molecule has 0 radical (unpaired) electrons. The summed E-state index contributed by atoms with van der Waals surface area (Å²) in [4.78, 5) is 32.7. The highest BCUT2D eigenvalue weighted by Crippen LogP contribution is 2.54. The fourth-order valence-corrected chi connectivity index (χ4v) is 4.51. The van der Waals surface area contributed by atoms with Gasteiger partial charge in [-0.05, 0) is 30.4 Å². The van der Waals surface area contributed by atoms with E-state index in [1.807, 2.05) is 47.0 Å². The molecule has 142 valence electrons. The summed E-state index contributed by atoms with van der Waals surface area (Å²) in [6.45, 7) is 4.81. The number of benzene rings is 1.